The van der Waals surface area contributed by atoms with Crippen LogP contribution >= 0.6 is 24.0 Å². The molecule has 0 spiro atoms. The summed E-state index contributed by atoms with van der Waals surface area (Å²) in [5, 5.41) is 16.5. The van der Waals surface area contributed by atoms with Crippen LogP contribution in [-0.4, -0.2) is 79.1 Å². The molecule has 2 aliphatic heterocycles. The van der Waals surface area contributed by atoms with Crippen molar-refractivity contribution in [2.75, 3.05) is 32.7 Å². The zero-order chi connectivity index (χ0) is 21.8. The maximum absolute atomic E-state index is 4.98. The molecule has 0 radical (unpaired) electrons. The molecule has 0 aromatic carbocycles. The second-order valence-corrected chi connectivity index (χ2v) is 8.99. The van der Waals surface area contributed by atoms with E-state index in [1.807, 2.05) is 36.5 Å². The number of halogens is 1. The van der Waals surface area contributed by atoms with Crippen LogP contribution in [0.5, 0.6) is 0 Å². The predicted octanol–water partition coefficient (Wildman–Crippen LogP) is 1.97. The molecule has 32 heavy (non-hydrogen) atoms. The lowest BCUT2D eigenvalue weighted by atomic mass is 10.0. The second kappa shape index (κ2) is 11.4. The van der Waals surface area contributed by atoms with Crippen LogP contribution in [0.25, 0.3) is 0 Å². The number of nitrogens with zero attached hydrogens (tertiary/aromatic N) is 8. The third kappa shape index (κ3) is 6.00. The maximum atomic E-state index is 4.98. The van der Waals surface area contributed by atoms with Crippen LogP contribution in [0.1, 0.15) is 43.4 Å². The van der Waals surface area contributed by atoms with Crippen molar-refractivity contribution in [3.05, 3.63) is 29.6 Å². The highest BCUT2D eigenvalue weighted by Crippen LogP contribution is 2.21. The fourth-order valence-electron chi connectivity index (χ4n) is 4.86. The van der Waals surface area contributed by atoms with E-state index in [0.29, 0.717) is 18.5 Å². The fourth-order valence-corrected chi connectivity index (χ4v) is 4.86. The molecule has 0 amide bonds. The van der Waals surface area contributed by atoms with Gasteiger partial charge in [0.2, 0.25) is 0 Å². The first kappa shape index (κ1) is 24.9. The Balaban J connectivity index is 0.00000289. The summed E-state index contributed by atoms with van der Waals surface area (Å²) < 4.78 is 3.91. The standard InChI is InChI=1S/C22H37N9.HI/c1-5-30-9-6-7-20(30)13-23-22(24-14-21-27-26-17(2)29(21)4)31-10-8-18(16-31)11-19-12-25-28(3)15-19;/h12,15,18,20H,5-11,13-14,16H2,1-4H3,(H,23,24);1H. The third-order valence-corrected chi connectivity index (χ3v) is 6.82. The Hall–Kier alpha value is -1.69. The number of rotatable bonds is 7. The topological polar surface area (TPSA) is 79.4 Å². The van der Waals surface area contributed by atoms with Gasteiger partial charge in [0, 0.05) is 46.0 Å². The second-order valence-electron chi connectivity index (χ2n) is 8.99. The number of guanidine groups is 1. The molecule has 0 saturated carbocycles. The molecule has 2 aliphatic rings. The van der Waals surface area contributed by atoms with Crippen molar-refractivity contribution >= 4 is 29.9 Å². The number of likely N-dealkylation sites (tertiary alicyclic amines) is 2. The minimum Gasteiger partial charge on any atom is -0.355 e. The van der Waals surface area contributed by atoms with Crippen LogP contribution in [0.3, 0.4) is 0 Å². The monoisotopic (exact) mass is 555 g/mol. The van der Waals surface area contributed by atoms with E-state index in [0.717, 1.165) is 50.2 Å². The van der Waals surface area contributed by atoms with Crippen molar-refractivity contribution in [3.63, 3.8) is 0 Å². The summed E-state index contributed by atoms with van der Waals surface area (Å²) in [5.74, 6) is 3.46. The zero-order valence-corrected chi connectivity index (χ0v) is 22.2. The van der Waals surface area contributed by atoms with Crippen LogP contribution in [0.2, 0.25) is 0 Å². The van der Waals surface area contributed by atoms with Gasteiger partial charge in [-0.2, -0.15) is 5.10 Å². The van der Waals surface area contributed by atoms with Crippen molar-refractivity contribution < 1.29 is 0 Å². The number of hydrogen-bond acceptors (Lipinski definition) is 5. The van der Waals surface area contributed by atoms with Gasteiger partial charge >= 0.3 is 0 Å². The molecule has 2 fully saturated rings. The van der Waals surface area contributed by atoms with Gasteiger partial charge in [-0.15, -0.1) is 34.2 Å². The highest BCUT2D eigenvalue weighted by Gasteiger charge is 2.28. The molecule has 1 N–H and O–H groups in total. The summed E-state index contributed by atoms with van der Waals surface area (Å²) in [6.45, 7) is 10.1. The van der Waals surface area contributed by atoms with Crippen molar-refractivity contribution in [1.29, 1.82) is 0 Å². The molecular formula is C22H38IN9. The molecule has 10 heteroatoms. The van der Waals surface area contributed by atoms with Gasteiger partial charge in [-0.3, -0.25) is 9.58 Å². The van der Waals surface area contributed by atoms with E-state index in [1.54, 1.807) is 0 Å². The van der Waals surface area contributed by atoms with Gasteiger partial charge in [0.25, 0.3) is 0 Å². The summed E-state index contributed by atoms with van der Waals surface area (Å²) in [7, 11) is 3.99. The first-order valence-corrected chi connectivity index (χ1v) is 11.6. The number of nitrogens with one attached hydrogen (secondary N) is 1. The third-order valence-electron chi connectivity index (χ3n) is 6.82. The van der Waals surface area contributed by atoms with Crippen LogP contribution in [0, 0.1) is 12.8 Å². The molecule has 2 aromatic rings. The van der Waals surface area contributed by atoms with Gasteiger partial charge in [-0.05, 0) is 57.2 Å². The molecule has 2 unspecified atom stereocenters. The molecule has 2 atom stereocenters. The lowest BCUT2D eigenvalue weighted by Gasteiger charge is -2.27. The molecular weight excluding hydrogens is 517 g/mol. The summed E-state index contributed by atoms with van der Waals surface area (Å²) >= 11 is 0. The zero-order valence-electron chi connectivity index (χ0n) is 19.9. The number of aryl methyl sites for hydroxylation is 2. The summed E-state index contributed by atoms with van der Waals surface area (Å²) in [5.41, 5.74) is 1.32. The molecule has 9 nitrogen and oxygen atoms in total. The molecule has 4 rings (SSSR count). The summed E-state index contributed by atoms with van der Waals surface area (Å²) in [6, 6.07) is 0.598. The summed E-state index contributed by atoms with van der Waals surface area (Å²) in [6.07, 6.45) is 8.94. The van der Waals surface area contributed by atoms with E-state index < -0.39 is 0 Å². The Morgan fingerprint density at radius 3 is 2.75 bits per heavy atom. The van der Waals surface area contributed by atoms with Gasteiger partial charge in [0.15, 0.2) is 11.8 Å². The highest BCUT2D eigenvalue weighted by molar-refractivity contribution is 14.0. The Kier molecular flexibility index (Phi) is 8.92. The Morgan fingerprint density at radius 2 is 2.06 bits per heavy atom. The van der Waals surface area contributed by atoms with Crippen molar-refractivity contribution in [2.45, 2.75) is 52.1 Å². The van der Waals surface area contributed by atoms with Gasteiger partial charge in [-0.25, -0.2) is 4.99 Å². The molecule has 178 valence electrons. The Bertz CT molecular complexity index is 890. The lowest BCUT2D eigenvalue weighted by Crippen LogP contribution is -2.46. The molecule has 4 heterocycles. The van der Waals surface area contributed by atoms with Crippen molar-refractivity contribution in [2.24, 2.45) is 25.0 Å². The average Bonchev–Trinajstić information content (AvgIpc) is 3.54. The Morgan fingerprint density at radius 1 is 1.22 bits per heavy atom. The van der Waals surface area contributed by atoms with Crippen LogP contribution in [0.4, 0.5) is 0 Å². The maximum Gasteiger partial charge on any atom is 0.194 e. The predicted molar refractivity (Wildman–Crippen MR) is 137 cm³/mol. The molecule has 2 saturated heterocycles. The number of likely N-dealkylation sites (N-methyl/N-ethyl adjacent to an activating group) is 1. The first-order chi connectivity index (χ1) is 15.0. The van der Waals surface area contributed by atoms with Crippen LogP contribution in [-0.2, 0) is 27.1 Å². The number of hydrogen-bond donors (Lipinski definition) is 1. The number of aliphatic imine (C=N–C) groups is 1. The van der Waals surface area contributed by atoms with Gasteiger partial charge in [-0.1, -0.05) is 6.92 Å². The normalized spacial score (nSPS) is 21.9. The first-order valence-electron chi connectivity index (χ1n) is 11.6. The largest absolute Gasteiger partial charge is 0.355 e. The van der Waals surface area contributed by atoms with Crippen molar-refractivity contribution in [1.82, 2.24) is 39.7 Å². The molecule has 2 aromatic heterocycles. The molecule has 0 aliphatic carbocycles. The minimum atomic E-state index is 0. The highest BCUT2D eigenvalue weighted by atomic mass is 127. The Labute approximate surface area is 208 Å². The van der Waals surface area contributed by atoms with E-state index in [9.17, 15) is 0 Å². The van der Waals surface area contributed by atoms with Gasteiger partial charge < -0.3 is 14.8 Å². The van der Waals surface area contributed by atoms with E-state index >= 15 is 0 Å². The van der Waals surface area contributed by atoms with Gasteiger partial charge in [0.05, 0.1) is 6.20 Å². The SMILES string of the molecule is CCN1CCCC1CNC(=NCc1nnc(C)n1C)N1CCC(Cc2cnn(C)c2)C1.I. The quantitative estimate of drug-likeness (QED) is 0.320. The number of aromatic nitrogens is 5. The molecule has 0 bridgehead atoms. The average molecular weight is 556 g/mol. The van der Waals surface area contributed by atoms with Crippen LogP contribution < -0.4 is 5.32 Å². The van der Waals surface area contributed by atoms with E-state index in [-0.39, 0.29) is 24.0 Å². The van der Waals surface area contributed by atoms with Gasteiger partial charge in [0.1, 0.15) is 12.4 Å². The lowest BCUT2D eigenvalue weighted by molar-refractivity contribution is 0.265. The minimum absolute atomic E-state index is 0. The van der Waals surface area contributed by atoms with E-state index in [2.05, 4.69) is 43.5 Å². The van der Waals surface area contributed by atoms with Crippen LogP contribution in [0.15, 0.2) is 17.4 Å². The fraction of sp³-hybridized carbons (Fsp3) is 0.727. The smallest absolute Gasteiger partial charge is 0.194 e. The van der Waals surface area contributed by atoms with E-state index in [1.165, 1.54) is 31.4 Å². The van der Waals surface area contributed by atoms with E-state index in [4.69, 9.17) is 4.99 Å². The van der Waals surface area contributed by atoms with Crippen molar-refractivity contribution in [3.8, 4) is 0 Å². The summed E-state index contributed by atoms with van der Waals surface area (Å²) in [4.78, 5) is 9.98.